The molecule has 2 aromatic rings. The fourth-order valence-electron chi connectivity index (χ4n) is 2.35. The number of nitrogens with one attached hydrogen (secondary N) is 1. The maximum absolute atomic E-state index is 13.3. The van der Waals surface area contributed by atoms with Crippen molar-refractivity contribution in [3.8, 4) is 5.75 Å². The molecule has 1 fully saturated rings. The molecule has 0 aliphatic carbocycles. The Bertz CT molecular complexity index is 695. The van der Waals surface area contributed by atoms with E-state index in [0.717, 1.165) is 30.8 Å². The molecule has 3 rings (SSSR count). The summed E-state index contributed by atoms with van der Waals surface area (Å²) < 4.78 is 32.2. The van der Waals surface area contributed by atoms with Gasteiger partial charge in [0.1, 0.15) is 11.9 Å². The molecule has 0 spiro atoms. The Kier molecular flexibility index (Phi) is 6.09. The number of hydrogen-bond donors (Lipinski definition) is 1. The molecule has 0 saturated carbocycles. The van der Waals surface area contributed by atoms with Crippen LogP contribution in [0.5, 0.6) is 5.75 Å². The van der Waals surface area contributed by atoms with Crippen molar-refractivity contribution >= 4 is 35.6 Å². The van der Waals surface area contributed by atoms with E-state index in [1.54, 1.807) is 12.1 Å². The first-order chi connectivity index (χ1) is 10.5. The molecule has 0 aromatic heterocycles. The topological polar surface area (TPSA) is 21.3 Å². The third kappa shape index (κ3) is 4.07. The van der Waals surface area contributed by atoms with E-state index in [2.05, 4.69) is 5.32 Å². The molecule has 0 unspecified atom stereocenters. The average Bonchev–Trinajstić information content (AvgIpc) is 2.43. The zero-order valence-corrected chi connectivity index (χ0v) is 14.2. The molecule has 1 saturated heterocycles. The highest BCUT2D eigenvalue weighted by atomic mass is 35.5. The molecule has 23 heavy (non-hydrogen) atoms. The van der Waals surface area contributed by atoms with Crippen molar-refractivity contribution in [3.63, 3.8) is 0 Å². The maximum atomic E-state index is 13.3. The van der Waals surface area contributed by atoms with Gasteiger partial charge in [-0.25, -0.2) is 8.78 Å². The summed E-state index contributed by atoms with van der Waals surface area (Å²) in [5.41, 5.74) is 0.852. The number of hydrogen-bond acceptors (Lipinski definition) is 2. The molecule has 1 atom stereocenters. The highest BCUT2D eigenvalue weighted by Crippen LogP contribution is 2.34. The summed E-state index contributed by atoms with van der Waals surface area (Å²) in [7, 11) is 0. The Balaban J connectivity index is 0.00000192. The van der Waals surface area contributed by atoms with Crippen molar-refractivity contribution in [2.45, 2.75) is 6.10 Å². The van der Waals surface area contributed by atoms with Gasteiger partial charge in [-0.05, 0) is 29.8 Å². The fraction of sp³-hybridized carbons (Fsp3) is 0.250. The van der Waals surface area contributed by atoms with Gasteiger partial charge in [-0.15, -0.1) is 12.4 Å². The first kappa shape index (κ1) is 18.3. The van der Waals surface area contributed by atoms with Crippen molar-refractivity contribution in [1.29, 1.82) is 0 Å². The molecular weight excluding hydrogens is 367 g/mol. The predicted molar refractivity (Wildman–Crippen MR) is 89.8 cm³/mol. The molecule has 124 valence electrons. The number of halogens is 5. The van der Waals surface area contributed by atoms with Crippen LogP contribution in [0, 0.1) is 17.6 Å². The van der Waals surface area contributed by atoms with Crippen LogP contribution in [0.2, 0.25) is 10.0 Å². The predicted octanol–water partition coefficient (Wildman–Crippen LogP) is 5.03. The minimum Gasteiger partial charge on any atom is -0.485 e. The molecule has 1 heterocycles. The van der Waals surface area contributed by atoms with Gasteiger partial charge in [-0.3, -0.25) is 0 Å². The van der Waals surface area contributed by atoms with E-state index in [-0.39, 0.29) is 30.2 Å². The van der Waals surface area contributed by atoms with Crippen molar-refractivity contribution < 1.29 is 13.5 Å². The van der Waals surface area contributed by atoms with Crippen molar-refractivity contribution in [2.75, 3.05) is 13.1 Å². The molecule has 2 nitrogen and oxygen atoms in total. The highest BCUT2D eigenvalue weighted by molar-refractivity contribution is 6.42. The van der Waals surface area contributed by atoms with Gasteiger partial charge in [0.15, 0.2) is 11.6 Å². The minimum atomic E-state index is -0.933. The summed E-state index contributed by atoms with van der Waals surface area (Å²) in [5, 5.41) is 4.07. The second kappa shape index (κ2) is 7.67. The quantitative estimate of drug-likeness (QED) is 0.803. The number of ether oxygens (including phenoxy) is 1. The largest absolute Gasteiger partial charge is 0.485 e. The van der Waals surface area contributed by atoms with Gasteiger partial charge in [-0.2, -0.15) is 0 Å². The third-order valence-corrected chi connectivity index (χ3v) is 4.41. The lowest BCUT2D eigenvalue weighted by atomic mass is 9.91. The van der Waals surface area contributed by atoms with Crippen LogP contribution in [0.1, 0.15) is 11.7 Å². The normalized spacial score (nSPS) is 15.5. The zero-order valence-electron chi connectivity index (χ0n) is 11.9. The Hall–Kier alpha value is -1.07. The van der Waals surface area contributed by atoms with Gasteiger partial charge >= 0.3 is 0 Å². The van der Waals surface area contributed by atoms with Crippen molar-refractivity contribution in [2.24, 2.45) is 5.92 Å². The third-order valence-electron chi connectivity index (χ3n) is 3.67. The highest BCUT2D eigenvalue weighted by Gasteiger charge is 2.30. The monoisotopic (exact) mass is 379 g/mol. The van der Waals surface area contributed by atoms with Crippen LogP contribution in [0.25, 0.3) is 0 Å². The van der Waals surface area contributed by atoms with Crippen LogP contribution in [0.4, 0.5) is 8.78 Å². The van der Waals surface area contributed by atoms with Crippen LogP contribution in [0.15, 0.2) is 36.4 Å². The minimum absolute atomic E-state index is 0. The van der Waals surface area contributed by atoms with E-state index in [9.17, 15) is 8.78 Å². The van der Waals surface area contributed by atoms with Crippen LogP contribution in [-0.2, 0) is 0 Å². The summed E-state index contributed by atoms with van der Waals surface area (Å²) in [6.45, 7) is 1.57. The van der Waals surface area contributed by atoms with E-state index in [1.807, 2.05) is 6.07 Å². The Morgan fingerprint density at radius 3 is 2.30 bits per heavy atom. The molecule has 1 aliphatic rings. The summed E-state index contributed by atoms with van der Waals surface area (Å²) >= 11 is 12.0. The molecule has 1 aliphatic heterocycles. The van der Waals surface area contributed by atoms with Crippen LogP contribution >= 0.6 is 35.6 Å². The molecule has 1 N–H and O–H groups in total. The van der Waals surface area contributed by atoms with Gasteiger partial charge in [0.05, 0.1) is 10.0 Å². The van der Waals surface area contributed by atoms with E-state index in [1.165, 1.54) is 6.07 Å². The van der Waals surface area contributed by atoms with Crippen molar-refractivity contribution in [1.82, 2.24) is 5.32 Å². The lowest BCUT2D eigenvalue weighted by molar-refractivity contribution is 0.0988. The summed E-state index contributed by atoms with van der Waals surface area (Å²) in [4.78, 5) is 0. The summed E-state index contributed by atoms with van der Waals surface area (Å²) in [5.74, 6) is -1.33. The smallest absolute Gasteiger partial charge is 0.162 e. The molecule has 0 amide bonds. The lowest BCUT2D eigenvalue weighted by Gasteiger charge is -2.35. The van der Waals surface area contributed by atoms with Gasteiger partial charge in [-0.1, -0.05) is 29.3 Å². The lowest BCUT2D eigenvalue weighted by Crippen LogP contribution is -2.46. The van der Waals surface area contributed by atoms with E-state index in [0.29, 0.717) is 10.0 Å². The number of benzene rings is 2. The van der Waals surface area contributed by atoms with E-state index in [4.69, 9.17) is 27.9 Å². The van der Waals surface area contributed by atoms with Crippen LogP contribution in [-0.4, -0.2) is 13.1 Å². The van der Waals surface area contributed by atoms with Crippen LogP contribution in [0.3, 0.4) is 0 Å². The number of rotatable bonds is 4. The maximum Gasteiger partial charge on any atom is 0.162 e. The molecular formula is C16H14Cl3F2NO. The van der Waals surface area contributed by atoms with Gasteiger partial charge in [0.25, 0.3) is 0 Å². The summed E-state index contributed by atoms with van der Waals surface area (Å²) in [6.07, 6.45) is -0.305. The standard InChI is InChI=1S/C16H13Cl2F2NO.ClH/c17-12-3-1-9(5-13(12)18)16(10-7-21-8-10)22-11-2-4-14(19)15(20)6-11;/h1-6,10,16,21H,7-8H2;1H/t16-;/m0./s1. The SMILES string of the molecule is Cl.Fc1ccc(O[C@@H](c2ccc(Cl)c(Cl)c2)C2CNC2)cc1F. The van der Waals surface area contributed by atoms with Gasteiger partial charge in [0.2, 0.25) is 0 Å². The molecule has 2 aromatic carbocycles. The Morgan fingerprint density at radius 2 is 1.74 bits per heavy atom. The molecule has 0 bridgehead atoms. The second-order valence-electron chi connectivity index (χ2n) is 5.21. The van der Waals surface area contributed by atoms with Crippen LogP contribution < -0.4 is 10.1 Å². The van der Waals surface area contributed by atoms with Crippen molar-refractivity contribution in [3.05, 3.63) is 63.6 Å². The second-order valence-corrected chi connectivity index (χ2v) is 6.02. The van der Waals surface area contributed by atoms with E-state index < -0.39 is 11.6 Å². The van der Waals surface area contributed by atoms with E-state index >= 15 is 0 Å². The van der Waals surface area contributed by atoms with Gasteiger partial charge in [0, 0.05) is 25.1 Å². The Morgan fingerprint density at radius 1 is 1.00 bits per heavy atom. The first-order valence-electron chi connectivity index (χ1n) is 6.82. The summed E-state index contributed by atoms with van der Waals surface area (Å²) in [6, 6.07) is 8.79. The fourth-order valence-corrected chi connectivity index (χ4v) is 2.65. The molecule has 7 heteroatoms. The molecule has 0 radical (unpaired) electrons. The first-order valence-corrected chi connectivity index (χ1v) is 7.57. The average molecular weight is 381 g/mol. The zero-order chi connectivity index (χ0) is 15.7. The van der Waals surface area contributed by atoms with Gasteiger partial charge < -0.3 is 10.1 Å². The Labute approximate surface area is 149 Å².